The third-order valence-corrected chi connectivity index (χ3v) is 4.36. The zero-order valence-electron chi connectivity index (χ0n) is 14.5. The summed E-state index contributed by atoms with van der Waals surface area (Å²) in [7, 11) is 1.56. The number of nitrogens with one attached hydrogen (secondary N) is 2. The molecule has 0 spiro atoms. The molecule has 0 unspecified atom stereocenters. The Labute approximate surface area is 154 Å². The second-order valence-electron chi connectivity index (χ2n) is 5.82. The average molecular weight is 375 g/mol. The molecule has 3 aromatic rings. The summed E-state index contributed by atoms with van der Waals surface area (Å²) in [5.41, 5.74) is 3.29. The normalized spacial score (nSPS) is 11.5. The smallest absolute Gasteiger partial charge is 0.303 e. The van der Waals surface area contributed by atoms with Crippen molar-refractivity contribution >= 4 is 34.9 Å². The molecule has 2 N–H and O–H groups in total. The van der Waals surface area contributed by atoms with E-state index in [4.69, 9.17) is 11.6 Å². The number of nitrogens with zero attached hydrogens (tertiary/aromatic N) is 4. The first-order chi connectivity index (χ1) is 12.5. The number of anilines is 1. The molecule has 0 radical (unpaired) electrons. The molecule has 1 aromatic carbocycles. The van der Waals surface area contributed by atoms with Gasteiger partial charge < -0.3 is 4.57 Å². The fraction of sp³-hybridized carbons (Fsp3) is 0.294. The lowest BCUT2D eigenvalue weighted by atomic mass is 10.2. The maximum atomic E-state index is 12.3. The molecule has 9 heteroatoms. The maximum absolute atomic E-state index is 12.3. The minimum absolute atomic E-state index is 0.310. The minimum atomic E-state index is -0.506. The van der Waals surface area contributed by atoms with Crippen LogP contribution in [0.25, 0.3) is 11.2 Å². The SMILES string of the molecule is CCCCn1c(N/N=C/c2ccccc2Cl)nc2c1c(=O)[nH]c(=O)n2C. The number of benzene rings is 1. The van der Waals surface area contributed by atoms with E-state index >= 15 is 0 Å². The van der Waals surface area contributed by atoms with Crippen molar-refractivity contribution in [3.63, 3.8) is 0 Å². The number of rotatable bonds is 6. The van der Waals surface area contributed by atoms with Crippen molar-refractivity contribution in [3.05, 3.63) is 55.7 Å². The molecule has 8 nitrogen and oxygen atoms in total. The molecular weight excluding hydrogens is 356 g/mol. The summed E-state index contributed by atoms with van der Waals surface area (Å²) >= 11 is 6.11. The lowest BCUT2D eigenvalue weighted by Gasteiger charge is -2.07. The van der Waals surface area contributed by atoms with Gasteiger partial charge in [-0.1, -0.05) is 43.1 Å². The van der Waals surface area contributed by atoms with E-state index in [9.17, 15) is 9.59 Å². The predicted octanol–water partition coefficient (Wildman–Crippen LogP) is 2.32. The zero-order valence-corrected chi connectivity index (χ0v) is 15.2. The Balaban J connectivity index is 2.03. The Morgan fingerprint density at radius 1 is 1.35 bits per heavy atom. The van der Waals surface area contributed by atoms with E-state index in [1.54, 1.807) is 23.9 Å². The van der Waals surface area contributed by atoms with Crippen LogP contribution in [0.5, 0.6) is 0 Å². The van der Waals surface area contributed by atoms with Crippen molar-refractivity contribution in [2.75, 3.05) is 5.43 Å². The first-order valence-corrected chi connectivity index (χ1v) is 8.64. The van der Waals surface area contributed by atoms with Gasteiger partial charge in [0, 0.05) is 24.2 Å². The molecule has 0 saturated carbocycles. The molecule has 0 aliphatic rings. The van der Waals surface area contributed by atoms with Crippen LogP contribution in [0.15, 0.2) is 39.0 Å². The summed E-state index contributed by atoms with van der Waals surface area (Å²) in [5.74, 6) is 0.392. The maximum Gasteiger partial charge on any atom is 0.329 e. The van der Waals surface area contributed by atoms with Gasteiger partial charge in [0.1, 0.15) is 0 Å². The van der Waals surface area contributed by atoms with Crippen molar-refractivity contribution in [2.45, 2.75) is 26.3 Å². The molecular formula is C17H19ClN6O2. The topological polar surface area (TPSA) is 97.1 Å². The van der Waals surface area contributed by atoms with E-state index < -0.39 is 11.2 Å². The largest absolute Gasteiger partial charge is 0.329 e. The fourth-order valence-electron chi connectivity index (χ4n) is 2.59. The number of fused-ring (bicyclic) bond motifs is 1. The van der Waals surface area contributed by atoms with Gasteiger partial charge in [0.05, 0.1) is 6.21 Å². The van der Waals surface area contributed by atoms with Crippen LogP contribution in [0.3, 0.4) is 0 Å². The Hall–Kier alpha value is -2.87. The van der Waals surface area contributed by atoms with E-state index in [-0.39, 0.29) is 0 Å². The molecule has 136 valence electrons. The van der Waals surface area contributed by atoms with Gasteiger partial charge in [0.25, 0.3) is 5.56 Å². The number of aromatic amines is 1. The molecule has 26 heavy (non-hydrogen) atoms. The minimum Gasteiger partial charge on any atom is -0.303 e. The number of hydrazone groups is 1. The van der Waals surface area contributed by atoms with Crippen LogP contribution in [0, 0.1) is 0 Å². The van der Waals surface area contributed by atoms with Gasteiger partial charge in [-0.25, -0.2) is 10.2 Å². The summed E-state index contributed by atoms with van der Waals surface area (Å²) in [6, 6.07) is 7.31. The second-order valence-corrected chi connectivity index (χ2v) is 6.23. The highest BCUT2D eigenvalue weighted by molar-refractivity contribution is 6.33. The van der Waals surface area contributed by atoms with Crippen molar-refractivity contribution in [2.24, 2.45) is 12.1 Å². The van der Waals surface area contributed by atoms with Gasteiger partial charge in [0.2, 0.25) is 5.95 Å². The summed E-state index contributed by atoms with van der Waals surface area (Å²) in [5, 5.41) is 4.76. The molecule has 0 fully saturated rings. The molecule has 0 aliphatic heterocycles. The quantitative estimate of drug-likeness (QED) is 0.511. The van der Waals surface area contributed by atoms with E-state index in [0.29, 0.717) is 28.7 Å². The highest BCUT2D eigenvalue weighted by Crippen LogP contribution is 2.17. The number of imidazole rings is 1. The van der Waals surface area contributed by atoms with Gasteiger partial charge in [-0.3, -0.25) is 14.3 Å². The predicted molar refractivity (Wildman–Crippen MR) is 103 cm³/mol. The summed E-state index contributed by atoms with van der Waals surface area (Å²) in [4.78, 5) is 30.8. The number of hydrogen-bond donors (Lipinski definition) is 2. The monoisotopic (exact) mass is 374 g/mol. The molecule has 3 rings (SSSR count). The van der Waals surface area contributed by atoms with Gasteiger partial charge in [-0.2, -0.15) is 10.1 Å². The van der Waals surface area contributed by atoms with Crippen LogP contribution >= 0.6 is 11.6 Å². The number of aryl methyl sites for hydroxylation is 2. The highest BCUT2D eigenvalue weighted by Gasteiger charge is 2.16. The highest BCUT2D eigenvalue weighted by atomic mass is 35.5. The first kappa shape index (κ1) is 17.9. The average Bonchev–Trinajstić information content (AvgIpc) is 2.99. The van der Waals surface area contributed by atoms with Crippen LogP contribution < -0.4 is 16.7 Å². The zero-order chi connectivity index (χ0) is 18.7. The van der Waals surface area contributed by atoms with E-state index in [1.165, 1.54) is 4.57 Å². The van der Waals surface area contributed by atoms with Crippen molar-refractivity contribution in [1.29, 1.82) is 0 Å². The fourth-order valence-corrected chi connectivity index (χ4v) is 2.78. The Morgan fingerprint density at radius 3 is 2.85 bits per heavy atom. The number of H-pyrrole nitrogens is 1. The molecule has 0 bridgehead atoms. The lowest BCUT2D eigenvalue weighted by Crippen LogP contribution is -2.29. The number of halogens is 1. The molecule has 0 amide bonds. The van der Waals surface area contributed by atoms with Gasteiger partial charge in [0.15, 0.2) is 11.2 Å². The Morgan fingerprint density at radius 2 is 2.12 bits per heavy atom. The number of unbranched alkanes of at least 4 members (excludes halogenated alkanes) is 1. The van der Waals surface area contributed by atoms with Crippen LogP contribution in [0.2, 0.25) is 5.02 Å². The summed E-state index contributed by atoms with van der Waals surface area (Å²) in [6.07, 6.45) is 3.39. The third-order valence-electron chi connectivity index (χ3n) is 4.02. The molecule has 0 saturated heterocycles. The van der Waals surface area contributed by atoms with Crippen LogP contribution in [0.4, 0.5) is 5.95 Å². The van der Waals surface area contributed by atoms with Crippen molar-refractivity contribution in [1.82, 2.24) is 19.1 Å². The third kappa shape index (κ3) is 3.41. The van der Waals surface area contributed by atoms with E-state index in [2.05, 4.69) is 27.4 Å². The van der Waals surface area contributed by atoms with Gasteiger partial charge in [-0.15, -0.1) is 0 Å². The molecule has 0 atom stereocenters. The first-order valence-electron chi connectivity index (χ1n) is 8.26. The van der Waals surface area contributed by atoms with Crippen molar-refractivity contribution in [3.8, 4) is 0 Å². The van der Waals surface area contributed by atoms with Crippen LogP contribution in [0.1, 0.15) is 25.3 Å². The molecule has 2 heterocycles. The second kappa shape index (κ2) is 7.57. The Kier molecular flexibility index (Phi) is 5.22. The summed E-state index contributed by atoms with van der Waals surface area (Å²) in [6.45, 7) is 2.64. The van der Waals surface area contributed by atoms with Crippen LogP contribution in [-0.2, 0) is 13.6 Å². The van der Waals surface area contributed by atoms with E-state index in [0.717, 1.165) is 18.4 Å². The number of aromatic nitrogens is 4. The van der Waals surface area contributed by atoms with Crippen LogP contribution in [-0.4, -0.2) is 25.3 Å². The standard InChI is InChI=1S/C17H19ClN6O2/c1-3-4-9-24-13-14(23(2)17(26)21-15(13)25)20-16(24)22-19-10-11-7-5-6-8-12(11)18/h5-8,10H,3-4,9H2,1-2H3,(H,20,22)(H,21,25,26)/b19-10+. The lowest BCUT2D eigenvalue weighted by molar-refractivity contribution is 0.647. The Bertz CT molecular complexity index is 1080. The van der Waals surface area contributed by atoms with Gasteiger partial charge in [-0.05, 0) is 12.5 Å². The van der Waals surface area contributed by atoms with Crippen molar-refractivity contribution < 1.29 is 0 Å². The van der Waals surface area contributed by atoms with Gasteiger partial charge >= 0.3 is 5.69 Å². The summed E-state index contributed by atoms with van der Waals surface area (Å²) < 4.78 is 3.04. The molecule has 2 aromatic heterocycles. The molecule has 0 aliphatic carbocycles. The number of hydrogen-bond acceptors (Lipinski definition) is 5. The van der Waals surface area contributed by atoms with E-state index in [1.807, 2.05) is 18.2 Å².